The van der Waals surface area contributed by atoms with Gasteiger partial charge in [0.25, 0.3) is 5.91 Å². The molecule has 1 aliphatic rings. The van der Waals surface area contributed by atoms with E-state index in [4.69, 9.17) is 4.74 Å². The molecule has 0 N–H and O–H groups in total. The van der Waals surface area contributed by atoms with Gasteiger partial charge in [-0.15, -0.1) is 0 Å². The Labute approximate surface area is 181 Å². The third kappa shape index (κ3) is 6.09. The molecule has 2 aromatic rings. The number of piperidine rings is 1. The van der Waals surface area contributed by atoms with Crippen molar-refractivity contribution in [2.45, 2.75) is 52.5 Å². The Bertz CT molecular complexity index is 798. The molecule has 0 spiro atoms. The molecule has 4 nitrogen and oxygen atoms in total. The third-order valence-corrected chi connectivity index (χ3v) is 6.14. The average Bonchev–Trinajstić information content (AvgIpc) is 2.78. The Morgan fingerprint density at radius 3 is 2.43 bits per heavy atom. The van der Waals surface area contributed by atoms with Gasteiger partial charge in [0.05, 0.1) is 6.61 Å². The fourth-order valence-corrected chi connectivity index (χ4v) is 4.22. The smallest absolute Gasteiger partial charge is 0.253 e. The Morgan fingerprint density at radius 2 is 1.77 bits per heavy atom. The second-order valence-electron chi connectivity index (χ2n) is 8.37. The predicted molar refractivity (Wildman–Crippen MR) is 123 cm³/mol. The van der Waals surface area contributed by atoms with Gasteiger partial charge in [-0.2, -0.15) is 0 Å². The van der Waals surface area contributed by atoms with Gasteiger partial charge in [0.15, 0.2) is 0 Å². The molecular formula is C26H36N2O2. The maximum absolute atomic E-state index is 12.7. The zero-order chi connectivity index (χ0) is 21.3. The van der Waals surface area contributed by atoms with Crippen LogP contribution in [0.4, 0.5) is 0 Å². The van der Waals surface area contributed by atoms with Crippen LogP contribution in [0.15, 0.2) is 48.5 Å². The first-order valence-electron chi connectivity index (χ1n) is 11.4. The first kappa shape index (κ1) is 22.4. The number of nitrogens with zero attached hydrogens (tertiary/aromatic N) is 2. The number of carbonyl (C=O) groups is 1. The number of aryl methyl sites for hydroxylation is 2. The van der Waals surface area contributed by atoms with Crippen LogP contribution in [0.1, 0.15) is 54.1 Å². The molecule has 1 saturated heterocycles. The highest BCUT2D eigenvalue weighted by molar-refractivity contribution is 5.94. The van der Waals surface area contributed by atoms with Crippen molar-refractivity contribution in [2.75, 3.05) is 32.8 Å². The van der Waals surface area contributed by atoms with Crippen molar-refractivity contribution < 1.29 is 9.53 Å². The molecule has 1 heterocycles. The lowest BCUT2D eigenvalue weighted by molar-refractivity contribution is 0.0611. The summed E-state index contributed by atoms with van der Waals surface area (Å²) < 4.78 is 5.98. The van der Waals surface area contributed by atoms with Crippen LogP contribution in [0.5, 0.6) is 5.75 Å². The SMILES string of the molecule is CCCN(CCCOc1ccc(C)c(C)c1)C1CCN(C(=O)c2ccccc2)CC1. The average molecular weight is 409 g/mol. The van der Waals surface area contributed by atoms with E-state index in [-0.39, 0.29) is 5.91 Å². The van der Waals surface area contributed by atoms with E-state index < -0.39 is 0 Å². The summed E-state index contributed by atoms with van der Waals surface area (Å²) in [6, 6.07) is 16.5. The number of likely N-dealkylation sites (tertiary alicyclic amines) is 1. The fraction of sp³-hybridized carbons (Fsp3) is 0.500. The molecular weight excluding hydrogens is 372 g/mol. The topological polar surface area (TPSA) is 32.8 Å². The Kier molecular flexibility index (Phi) is 8.32. The van der Waals surface area contributed by atoms with Crippen LogP contribution in [-0.4, -0.2) is 54.5 Å². The number of carbonyl (C=O) groups excluding carboxylic acids is 1. The lowest BCUT2D eigenvalue weighted by Crippen LogP contribution is -2.47. The highest BCUT2D eigenvalue weighted by Crippen LogP contribution is 2.20. The van der Waals surface area contributed by atoms with E-state index in [0.717, 1.165) is 69.8 Å². The van der Waals surface area contributed by atoms with Crippen molar-refractivity contribution in [1.29, 1.82) is 0 Å². The second-order valence-corrected chi connectivity index (χ2v) is 8.37. The van der Waals surface area contributed by atoms with Crippen molar-refractivity contribution in [3.63, 3.8) is 0 Å². The molecule has 1 amide bonds. The molecule has 162 valence electrons. The molecule has 4 heteroatoms. The third-order valence-electron chi connectivity index (χ3n) is 6.14. The summed E-state index contributed by atoms with van der Waals surface area (Å²) in [6.45, 7) is 11.1. The summed E-state index contributed by atoms with van der Waals surface area (Å²) in [5, 5.41) is 0. The van der Waals surface area contributed by atoms with Crippen molar-refractivity contribution in [1.82, 2.24) is 9.80 Å². The van der Waals surface area contributed by atoms with Crippen LogP contribution in [0.3, 0.4) is 0 Å². The zero-order valence-corrected chi connectivity index (χ0v) is 18.8. The van der Waals surface area contributed by atoms with Gasteiger partial charge < -0.3 is 14.5 Å². The minimum Gasteiger partial charge on any atom is -0.494 e. The van der Waals surface area contributed by atoms with E-state index in [0.29, 0.717) is 6.04 Å². The van der Waals surface area contributed by atoms with E-state index in [1.54, 1.807) is 0 Å². The van der Waals surface area contributed by atoms with Crippen LogP contribution < -0.4 is 4.74 Å². The van der Waals surface area contributed by atoms with Crippen molar-refractivity contribution in [2.24, 2.45) is 0 Å². The molecule has 1 aliphatic heterocycles. The monoisotopic (exact) mass is 408 g/mol. The normalized spacial score (nSPS) is 14.9. The van der Waals surface area contributed by atoms with Gasteiger partial charge in [-0.25, -0.2) is 0 Å². The van der Waals surface area contributed by atoms with E-state index >= 15 is 0 Å². The lowest BCUT2D eigenvalue weighted by Gasteiger charge is -2.38. The van der Waals surface area contributed by atoms with Crippen LogP contribution >= 0.6 is 0 Å². The number of ether oxygens (including phenoxy) is 1. The number of amides is 1. The first-order chi connectivity index (χ1) is 14.6. The van der Waals surface area contributed by atoms with Crippen molar-refractivity contribution >= 4 is 5.91 Å². The maximum atomic E-state index is 12.7. The number of benzene rings is 2. The lowest BCUT2D eigenvalue weighted by atomic mass is 10.0. The molecule has 0 aromatic heterocycles. The van der Waals surface area contributed by atoms with Gasteiger partial charge >= 0.3 is 0 Å². The fourth-order valence-electron chi connectivity index (χ4n) is 4.22. The van der Waals surface area contributed by atoms with Crippen LogP contribution in [0, 0.1) is 13.8 Å². The Hall–Kier alpha value is -2.33. The largest absolute Gasteiger partial charge is 0.494 e. The molecule has 2 aromatic carbocycles. The maximum Gasteiger partial charge on any atom is 0.253 e. The minimum atomic E-state index is 0.165. The van der Waals surface area contributed by atoms with Crippen LogP contribution in [0.2, 0.25) is 0 Å². The van der Waals surface area contributed by atoms with Crippen LogP contribution in [-0.2, 0) is 0 Å². The molecule has 0 unspecified atom stereocenters. The Morgan fingerprint density at radius 1 is 1.03 bits per heavy atom. The van der Waals surface area contributed by atoms with E-state index in [2.05, 4.69) is 43.9 Å². The molecule has 30 heavy (non-hydrogen) atoms. The van der Waals surface area contributed by atoms with E-state index in [1.807, 2.05) is 35.2 Å². The minimum absolute atomic E-state index is 0.165. The molecule has 0 saturated carbocycles. The van der Waals surface area contributed by atoms with Gasteiger partial charge in [-0.3, -0.25) is 4.79 Å². The van der Waals surface area contributed by atoms with Crippen molar-refractivity contribution in [3.05, 3.63) is 65.2 Å². The summed E-state index contributed by atoms with van der Waals surface area (Å²) in [4.78, 5) is 17.3. The van der Waals surface area contributed by atoms with Gasteiger partial charge in [-0.05, 0) is 81.5 Å². The number of hydrogen-bond acceptors (Lipinski definition) is 3. The zero-order valence-electron chi connectivity index (χ0n) is 18.8. The quantitative estimate of drug-likeness (QED) is 0.542. The second kappa shape index (κ2) is 11.2. The van der Waals surface area contributed by atoms with Gasteiger partial charge in [0, 0.05) is 31.2 Å². The Balaban J connectivity index is 1.44. The molecule has 0 atom stereocenters. The summed E-state index contributed by atoms with van der Waals surface area (Å²) >= 11 is 0. The number of rotatable bonds is 9. The summed E-state index contributed by atoms with van der Waals surface area (Å²) in [5.41, 5.74) is 3.37. The highest BCUT2D eigenvalue weighted by Gasteiger charge is 2.26. The standard InChI is InChI=1S/C26H36N2O2/c1-4-15-27(16-8-19-30-25-12-11-21(2)22(3)20-25)24-13-17-28(18-14-24)26(29)23-9-6-5-7-10-23/h5-7,9-12,20,24H,4,8,13-19H2,1-3H3. The van der Waals surface area contributed by atoms with Gasteiger partial charge in [-0.1, -0.05) is 31.2 Å². The molecule has 0 radical (unpaired) electrons. The summed E-state index contributed by atoms with van der Waals surface area (Å²) in [7, 11) is 0. The van der Waals surface area contributed by atoms with E-state index in [9.17, 15) is 4.79 Å². The highest BCUT2D eigenvalue weighted by atomic mass is 16.5. The molecule has 0 aliphatic carbocycles. The van der Waals surface area contributed by atoms with E-state index in [1.165, 1.54) is 11.1 Å². The molecule has 1 fully saturated rings. The van der Waals surface area contributed by atoms with Crippen LogP contribution in [0.25, 0.3) is 0 Å². The first-order valence-corrected chi connectivity index (χ1v) is 11.4. The predicted octanol–water partition coefficient (Wildman–Crippen LogP) is 5.09. The van der Waals surface area contributed by atoms with Gasteiger partial charge in [0.1, 0.15) is 5.75 Å². The summed E-state index contributed by atoms with van der Waals surface area (Å²) in [6.07, 6.45) is 4.28. The van der Waals surface area contributed by atoms with Crippen molar-refractivity contribution in [3.8, 4) is 5.75 Å². The molecule has 0 bridgehead atoms. The summed E-state index contributed by atoms with van der Waals surface area (Å²) in [5.74, 6) is 1.13. The van der Waals surface area contributed by atoms with Gasteiger partial charge in [0.2, 0.25) is 0 Å². The molecule has 3 rings (SSSR count). The number of hydrogen-bond donors (Lipinski definition) is 0.